The van der Waals surface area contributed by atoms with Crippen molar-refractivity contribution in [3.63, 3.8) is 0 Å². The van der Waals surface area contributed by atoms with Gasteiger partial charge in [-0.15, -0.1) is 6.58 Å². The Labute approximate surface area is 163 Å². The summed E-state index contributed by atoms with van der Waals surface area (Å²) in [4.78, 5) is 15.2. The number of aromatic nitrogens is 3. The Bertz CT molecular complexity index is 1450. The van der Waals surface area contributed by atoms with Crippen LogP contribution in [0, 0.1) is 18.6 Å². The molecule has 0 bridgehead atoms. The quantitative estimate of drug-likeness (QED) is 0.367. The highest BCUT2D eigenvalue weighted by Crippen LogP contribution is 2.43. The predicted molar refractivity (Wildman–Crippen MR) is 101 cm³/mol. The van der Waals surface area contributed by atoms with Crippen LogP contribution in [0.25, 0.3) is 22.6 Å². The fourth-order valence-electron chi connectivity index (χ4n) is 4.16. The number of rotatable bonds is 1. The number of benzene rings is 1. The number of allylic oxidation sites excluding steroid dienone is 1. The van der Waals surface area contributed by atoms with Gasteiger partial charge in [-0.2, -0.15) is 8.97 Å². The molecule has 144 valence electrons. The zero-order valence-corrected chi connectivity index (χ0v) is 15.8. The van der Waals surface area contributed by atoms with E-state index in [1.165, 1.54) is 6.07 Å². The number of nitrogens with zero attached hydrogens (tertiary/aromatic N) is 2. The average molecular weight is 393 g/mol. The Morgan fingerprint density at radius 3 is 2.86 bits per heavy atom. The lowest BCUT2D eigenvalue weighted by Gasteiger charge is -2.30. The van der Waals surface area contributed by atoms with E-state index in [4.69, 9.17) is 4.42 Å². The van der Waals surface area contributed by atoms with Crippen LogP contribution in [-0.2, 0) is 5.41 Å². The number of halogens is 2. The molecule has 0 radical (unpaired) electrons. The highest BCUT2D eigenvalue weighted by molar-refractivity contribution is 5.75. The zero-order valence-electron chi connectivity index (χ0n) is 15.8. The van der Waals surface area contributed by atoms with Crippen molar-refractivity contribution < 1.29 is 22.7 Å². The van der Waals surface area contributed by atoms with E-state index >= 15 is 0 Å². The van der Waals surface area contributed by atoms with E-state index in [-0.39, 0.29) is 11.2 Å². The Kier molecular flexibility index (Phi) is 3.44. The summed E-state index contributed by atoms with van der Waals surface area (Å²) in [6.45, 7) is 7.63. The first-order chi connectivity index (χ1) is 13.8. The molecule has 3 aromatic heterocycles. The maximum Gasteiger partial charge on any atom is 0.430 e. The summed E-state index contributed by atoms with van der Waals surface area (Å²) in [5, 5.41) is 0. The van der Waals surface area contributed by atoms with Gasteiger partial charge in [-0.25, -0.2) is 18.6 Å². The number of oxazole rings is 1. The summed E-state index contributed by atoms with van der Waals surface area (Å²) < 4.78 is 38.2. The van der Waals surface area contributed by atoms with Crippen LogP contribution in [0.2, 0.25) is 0 Å². The van der Waals surface area contributed by atoms with Gasteiger partial charge in [0, 0.05) is 18.2 Å². The van der Waals surface area contributed by atoms with Crippen molar-refractivity contribution in [1.82, 2.24) is 4.40 Å². The number of hydrogen-bond donors (Lipinski definition) is 0. The summed E-state index contributed by atoms with van der Waals surface area (Å²) in [5.74, 6) is -1.34. The van der Waals surface area contributed by atoms with Gasteiger partial charge in [0.05, 0.1) is 5.56 Å². The molecule has 5 nitrogen and oxygen atoms in total. The summed E-state index contributed by atoms with van der Waals surface area (Å²) in [5.41, 5.74) is 1.67. The third-order valence-corrected chi connectivity index (χ3v) is 5.61. The first kappa shape index (κ1) is 17.5. The van der Waals surface area contributed by atoms with Crippen molar-refractivity contribution in [3.05, 3.63) is 94.2 Å². The third kappa shape index (κ3) is 2.21. The SMILES string of the molecule is C=CC1(C)C(=c2oc(=O)c3[nH+]ccn23)[n+]2ccc(C)cc2-c2c(F)cc(F)cc21. The van der Waals surface area contributed by atoms with Crippen molar-refractivity contribution in [2.45, 2.75) is 19.3 Å². The summed E-state index contributed by atoms with van der Waals surface area (Å²) in [7, 11) is 0. The highest BCUT2D eigenvalue weighted by Gasteiger charge is 2.49. The lowest BCUT2D eigenvalue weighted by atomic mass is 9.73. The van der Waals surface area contributed by atoms with Crippen LogP contribution in [0.5, 0.6) is 0 Å². The second kappa shape index (κ2) is 5.70. The molecule has 1 aliphatic heterocycles. The third-order valence-electron chi connectivity index (χ3n) is 5.61. The van der Waals surface area contributed by atoms with E-state index in [1.54, 1.807) is 40.6 Å². The van der Waals surface area contributed by atoms with Gasteiger partial charge in [0.25, 0.3) is 5.70 Å². The summed E-state index contributed by atoms with van der Waals surface area (Å²) in [6.07, 6.45) is 6.70. The molecule has 0 aliphatic carbocycles. The summed E-state index contributed by atoms with van der Waals surface area (Å²) >= 11 is 0. The van der Waals surface area contributed by atoms with Crippen LogP contribution >= 0.6 is 0 Å². The van der Waals surface area contributed by atoms with Gasteiger partial charge in [-0.3, -0.25) is 0 Å². The predicted octanol–water partition coefficient (Wildman–Crippen LogP) is 2.08. The Morgan fingerprint density at radius 1 is 1.31 bits per heavy atom. The molecule has 1 atom stereocenters. The normalized spacial score (nSPS) is 19.9. The molecule has 1 aromatic carbocycles. The van der Waals surface area contributed by atoms with E-state index in [0.717, 1.165) is 11.6 Å². The maximum atomic E-state index is 15.0. The second-order valence-electron chi connectivity index (χ2n) is 7.40. The molecule has 5 rings (SSSR count). The lowest BCUT2D eigenvalue weighted by Crippen LogP contribution is -2.52. The molecule has 7 heteroatoms. The van der Waals surface area contributed by atoms with Crippen LogP contribution < -0.4 is 20.7 Å². The molecular formula is C22H17F2N3O2+2. The minimum absolute atomic E-state index is 0.263. The van der Waals surface area contributed by atoms with E-state index in [9.17, 15) is 13.6 Å². The average Bonchev–Trinajstić information content (AvgIpc) is 3.27. The molecule has 0 spiro atoms. The molecule has 1 aliphatic rings. The molecule has 1 unspecified atom stereocenters. The van der Waals surface area contributed by atoms with E-state index in [2.05, 4.69) is 11.6 Å². The minimum atomic E-state index is -1.04. The number of nitrogens with one attached hydrogen (secondary N) is 1. The van der Waals surface area contributed by atoms with Crippen molar-refractivity contribution in [3.8, 4) is 11.3 Å². The maximum absolute atomic E-state index is 15.0. The number of aromatic amines is 1. The number of H-pyrrole nitrogens is 1. The fourth-order valence-corrected chi connectivity index (χ4v) is 4.16. The number of pyridine rings is 1. The van der Waals surface area contributed by atoms with Crippen molar-refractivity contribution in [2.75, 3.05) is 0 Å². The minimum Gasteiger partial charge on any atom is -0.375 e. The molecule has 4 heterocycles. The van der Waals surface area contributed by atoms with E-state index in [0.29, 0.717) is 22.5 Å². The van der Waals surface area contributed by atoms with Gasteiger partial charge in [0.15, 0.2) is 6.20 Å². The Balaban J connectivity index is 2.08. The van der Waals surface area contributed by atoms with Gasteiger partial charge in [-0.05, 0) is 31.0 Å². The van der Waals surface area contributed by atoms with Gasteiger partial charge in [0.2, 0.25) is 5.69 Å². The van der Waals surface area contributed by atoms with Crippen molar-refractivity contribution in [2.24, 2.45) is 0 Å². The second-order valence-corrected chi connectivity index (χ2v) is 7.40. The van der Waals surface area contributed by atoms with Crippen LogP contribution in [-0.4, -0.2) is 4.40 Å². The Morgan fingerprint density at radius 2 is 2.10 bits per heavy atom. The lowest BCUT2D eigenvalue weighted by molar-refractivity contribution is -0.578. The van der Waals surface area contributed by atoms with Gasteiger partial charge in [0.1, 0.15) is 29.4 Å². The number of aryl methyl sites for hydroxylation is 1. The smallest absolute Gasteiger partial charge is 0.375 e. The van der Waals surface area contributed by atoms with E-state index in [1.807, 2.05) is 19.1 Å². The highest BCUT2D eigenvalue weighted by atomic mass is 19.1. The molecule has 0 saturated heterocycles. The molecule has 0 saturated carbocycles. The molecule has 0 fully saturated rings. The molecular weight excluding hydrogens is 376 g/mol. The largest absolute Gasteiger partial charge is 0.430 e. The van der Waals surface area contributed by atoms with Crippen LogP contribution in [0.3, 0.4) is 0 Å². The standard InChI is InChI=1S/C22H16F2N3O2/c1-4-22(3)14-10-13(23)11-15(24)17(14)16-9-12(2)5-7-26(16)18(22)20-27-8-6-25-19(27)21(28)29-20/h4-11H,1H2,2-3H3/q+1/p+1. The van der Waals surface area contributed by atoms with Crippen LogP contribution in [0.15, 0.2) is 64.7 Å². The molecule has 0 amide bonds. The first-order valence-electron chi connectivity index (χ1n) is 9.07. The molecule has 4 aromatic rings. The van der Waals surface area contributed by atoms with E-state index < -0.39 is 22.7 Å². The first-order valence-corrected chi connectivity index (χ1v) is 9.07. The Hall–Kier alpha value is -3.61. The monoisotopic (exact) mass is 393 g/mol. The van der Waals surface area contributed by atoms with Gasteiger partial charge < -0.3 is 4.42 Å². The fraction of sp³-hybridized carbons (Fsp3) is 0.136. The van der Waals surface area contributed by atoms with Crippen molar-refractivity contribution >= 4 is 11.3 Å². The summed E-state index contributed by atoms with van der Waals surface area (Å²) in [6, 6.07) is 5.88. The number of hydrogen-bond acceptors (Lipinski definition) is 2. The van der Waals surface area contributed by atoms with Crippen LogP contribution in [0.4, 0.5) is 8.78 Å². The van der Waals surface area contributed by atoms with Crippen LogP contribution in [0.1, 0.15) is 18.1 Å². The number of imidazole rings is 1. The zero-order chi connectivity index (χ0) is 20.5. The van der Waals surface area contributed by atoms with Crippen molar-refractivity contribution in [1.29, 1.82) is 0 Å². The topological polar surface area (TPSA) is 52.6 Å². The number of fused-ring (bicyclic) bond motifs is 4. The molecule has 29 heavy (non-hydrogen) atoms. The van der Waals surface area contributed by atoms with Gasteiger partial charge >= 0.3 is 16.8 Å². The van der Waals surface area contributed by atoms with Gasteiger partial charge in [-0.1, -0.05) is 6.08 Å². The molecule has 1 N–H and O–H groups in total.